The molecular formula is C10H12FNO2S2. The Balaban J connectivity index is 3.01. The number of nitrogens with two attached hydrogens (primary N) is 1. The number of benzene rings is 1. The van der Waals surface area contributed by atoms with E-state index in [0.717, 1.165) is 12.5 Å². The summed E-state index contributed by atoms with van der Waals surface area (Å²) in [6.45, 7) is 0. The summed E-state index contributed by atoms with van der Waals surface area (Å²) in [7, 11) is -3.84. The van der Waals surface area contributed by atoms with Crippen LogP contribution in [0, 0.1) is 5.82 Å². The lowest BCUT2D eigenvalue weighted by Crippen LogP contribution is -2.12. The largest absolute Gasteiger partial charge is 0.238 e. The van der Waals surface area contributed by atoms with Gasteiger partial charge < -0.3 is 0 Å². The third-order valence-corrected chi connectivity index (χ3v) is 3.06. The van der Waals surface area contributed by atoms with E-state index in [0.29, 0.717) is 11.3 Å². The minimum atomic E-state index is -3.84. The van der Waals surface area contributed by atoms with Crippen LogP contribution < -0.4 is 5.14 Å². The second-order valence-electron chi connectivity index (χ2n) is 3.14. The van der Waals surface area contributed by atoms with Crippen LogP contribution in [0.15, 0.2) is 29.2 Å². The van der Waals surface area contributed by atoms with Gasteiger partial charge in [0.15, 0.2) is 0 Å². The zero-order valence-electron chi connectivity index (χ0n) is 8.43. The van der Waals surface area contributed by atoms with Crippen LogP contribution in [0.1, 0.15) is 12.0 Å². The lowest BCUT2D eigenvalue weighted by Gasteiger charge is -2.00. The van der Waals surface area contributed by atoms with Crippen LogP contribution in [0.2, 0.25) is 0 Å². The first-order valence-corrected chi connectivity index (χ1v) is 6.73. The maximum atomic E-state index is 13.4. The highest BCUT2D eigenvalue weighted by atomic mass is 32.2. The molecule has 3 nitrogen and oxygen atoms in total. The highest BCUT2D eigenvalue weighted by Gasteiger charge is 2.09. The molecular weight excluding hydrogens is 249 g/mol. The fraction of sp³-hybridized carbons (Fsp3) is 0.200. The average Bonchev–Trinajstić information content (AvgIpc) is 2.19. The Bertz CT molecular complexity index is 498. The fourth-order valence-electron chi connectivity index (χ4n) is 1.10. The molecule has 0 atom stereocenters. The third kappa shape index (κ3) is 3.62. The summed E-state index contributed by atoms with van der Waals surface area (Å²) in [5.74, 6) is 0.0647. The number of halogens is 1. The summed E-state index contributed by atoms with van der Waals surface area (Å²) in [5, 5.41) is 4.87. The molecule has 0 aliphatic carbocycles. The van der Waals surface area contributed by atoms with E-state index >= 15 is 0 Å². The predicted octanol–water partition coefficient (Wildman–Crippen LogP) is 1.81. The SMILES string of the molecule is NS(=O)(=O)c1ccc(C=CCCS)c(F)c1. The molecule has 0 saturated heterocycles. The van der Waals surface area contributed by atoms with Crippen molar-refractivity contribution in [3.63, 3.8) is 0 Å². The molecule has 0 heterocycles. The van der Waals surface area contributed by atoms with E-state index in [1.54, 1.807) is 12.2 Å². The number of rotatable bonds is 4. The van der Waals surface area contributed by atoms with Crippen molar-refractivity contribution in [1.29, 1.82) is 0 Å². The van der Waals surface area contributed by atoms with Gasteiger partial charge in [-0.2, -0.15) is 12.6 Å². The normalized spacial score (nSPS) is 12.2. The lowest BCUT2D eigenvalue weighted by molar-refractivity contribution is 0.592. The Kier molecular flexibility index (Phi) is 4.52. The molecule has 1 rings (SSSR count). The van der Waals surface area contributed by atoms with Crippen LogP contribution in [0.3, 0.4) is 0 Å². The van der Waals surface area contributed by atoms with Gasteiger partial charge in [-0.3, -0.25) is 0 Å². The third-order valence-electron chi connectivity index (χ3n) is 1.89. The Morgan fingerprint density at radius 2 is 2.12 bits per heavy atom. The van der Waals surface area contributed by atoms with Crippen molar-refractivity contribution in [2.75, 3.05) is 5.75 Å². The topological polar surface area (TPSA) is 60.2 Å². The van der Waals surface area contributed by atoms with Crippen molar-refractivity contribution in [3.8, 4) is 0 Å². The molecule has 0 aliphatic rings. The van der Waals surface area contributed by atoms with Gasteiger partial charge >= 0.3 is 0 Å². The highest BCUT2D eigenvalue weighted by molar-refractivity contribution is 7.89. The molecule has 2 N–H and O–H groups in total. The van der Waals surface area contributed by atoms with Gasteiger partial charge in [-0.15, -0.1) is 0 Å². The second kappa shape index (κ2) is 5.47. The van der Waals surface area contributed by atoms with Crippen molar-refractivity contribution in [3.05, 3.63) is 35.7 Å². The molecule has 0 bridgehead atoms. The summed E-state index contributed by atoms with van der Waals surface area (Å²) in [6, 6.07) is 3.57. The Morgan fingerprint density at radius 1 is 1.44 bits per heavy atom. The van der Waals surface area contributed by atoms with Gasteiger partial charge in [-0.25, -0.2) is 17.9 Å². The number of hydrogen-bond acceptors (Lipinski definition) is 3. The van der Waals surface area contributed by atoms with Crippen molar-refractivity contribution in [1.82, 2.24) is 0 Å². The van der Waals surface area contributed by atoms with Gasteiger partial charge in [0.25, 0.3) is 0 Å². The van der Waals surface area contributed by atoms with Crippen LogP contribution in [0.4, 0.5) is 4.39 Å². The Morgan fingerprint density at radius 3 is 2.62 bits per heavy atom. The van der Waals surface area contributed by atoms with Gasteiger partial charge in [0.2, 0.25) is 10.0 Å². The summed E-state index contributed by atoms with van der Waals surface area (Å²) in [4.78, 5) is -0.226. The van der Waals surface area contributed by atoms with Gasteiger partial charge in [0.05, 0.1) is 4.90 Å². The first-order chi connectivity index (χ1) is 7.45. The minimum absolute atomic E-state index is 0.226. The highest BCUT2D eigenvalue weighted by Crippen LogP contribution is 2.15. The van der Waals surface area contributed by atoms with Crippen molar-refractivity contribution >= 4 is 28.7 Å². The Hall–Kier alpha value is -0.850. The lowest BCUT2D eigenvalue weighted by atomic mass is 10.2. The summed E-state index contributed by atoms with van der Waals surface area (Å²) >= 11 is 4.01. The summed E-state index contributed by atoms with van der Waals surface area (Å²) in [6.07, 6.45) is 4.07. The second-order valence-corrected chi connectivity index (χ2v) is 5.15. The molecule has 0 spiro atoms. The first kappa shape index (κ1) is 13.2. The average molecular weight is 261 g/mol. The Labute approximate surface area is 99.6 Å². The smallest absolute Gasteiger partial charge is 0.225 e. The molecule has 0 aromatic heterocycles. The molecule has 0 amide bonds. The van der Waals surface area contributed by atoms with E-state index < -0.39 is 15.8 Å². The molecule has 16 heavy (non-hydrogen) atoms. The van der Waals surface area contributed by atoms with E-state index in [2.05, 4.69) is 12.6 Å². The molecule has 88 valence electrons. The van der Waals surface area contributed by atoms with E-state index in [9.17, 15) is 12.8 Å². The van der Waals surface area contributed by atoms with E-state index in [4.69, 9.17) is 5.14 Å². The van der Waals surface area contributed by atoms with Gasteiger partial charge in [-0.05, 0) is 24.3 Å². The number of allylic oxidation sites excluding steroid dienone is 1. The number of primary sulfonamides is 1. The molecule has 1 aromatic carbocycles. The van der Waals surface area contributed by atoms with Crippen LogP contribution in [0.25, 0.3) is 6.08 Å². The maximum Gasteiger partial charge on any atom is 0.238 e. The number of thiol groups is 1. The zero-order valence-corrected chi connectivity index (χ0v) is 10.1. The molecule has 0 aliphatic heterocycles. The molecule has 1 aromatic rings. The van der Waals surface area contributed by atoms with Crippen LogP contribution in [0.5, 0.6) is 0 Å². The first-order valence-electron chi connectivity index (χ1n) is 4.55. The predicted molar refractivity (Wildman–Crippen MR) is 65.3 cm³/mol. The van der Waals surface area contributed by atoms with Crippen molar-refractivity contribution in [2.24, 2.45) is 5.14 Å². The van der Waals surface area contributed by atoms with Crippen LogP contribution >= 0.6 is 12.6 Å². The summed E-state index contributed by atoms with van der Waals surface area (Å²) < 4.78 is 35.3. The number of sulfonamides is 1. The van der Waals surface area contributed by atoms with E-state index in [1.165, 1.54) is 12.1 Å². The number of hydrogen-bond donors (Lipinski definition) is 2. The van der Waals surface area contributed by atoms with Crippen molar-refractivity contribution < 1.29 is 12.8 Å². The van der Waals surface area contributed by atoms with E-state index in [1.807, 2.05) is 0 Å². The quantitative estimate of drug-likeness (QED) is 0.812. The van der Waals surface area contributed by atoms with Gasteiger partial charge in [0, 0.05) is 5.56 Å². The molecule has 0 saturated carbocycles. The standard InChI is InChI=1S/C10H12FNO2S2/c11-10-7-9(16(12,13)14)5-4-8(10)3-1-2-6-15/h1,3-5,7,15H,2,6H2,(H2,12,13,14). The monoisotopic (exact) mass is 261 g/mol. The fourth-order valence-corrected chi connectivity index (χ4v) is 1.78. The van der Waals surface area contributed by atoms with Gasteiger partial charge in [0.1, 0.15) is 5.82 Å². The van der Waals surface area contributed by atoms with Crippen molar-refractivity contribution in [2.45, 2.75) is 11.3 Å². The zero-order chi connectivity index (χ0) is 12.2. The minimum Gasteiger partial charge on any atom is -0.225 e. The molecule has 6 heteroatoms. The van der Waals surface area contributed by atoms with Crippen LogP contribution in [-0.4, -0.2) is 14.2 Å². The van der Waals surface area contributed by atoms with Gasteiger partial charge in [-0.1, -0.05) is 18.2 Å². The molecule has 0 radical (unpaired) electrons. The summed E-state index contributed by atoms with van der Waals surface area (Å²) in [5.41, 5.74) is 0.328. The van der Waals surface area contributed by atoms with Crippen LogP contribution in [-0.2, 0) is 10.0 Å². The maximum absolute atomic E-state index is 13.4. The molecule has 0 fully saturated rings. The molecule has 0 unspecified atom stereocenters. The van der Waals surface area contributed by atoms with E-state index in [-0.39, 0.29) is 4.90 Å².